The Labute approximate surface area is 134 Å². The minimum Gasteiger partial charge on any atom is -0.464 e. The van der Waals surface area contributed by atoms with Gasteiger partial charge in [0.15, 0.2) is 0 Å². The van der Waals surface area contributed by atoms with Gasteiger partial charge in [-0.15, -0.1) is 11.3 Å². The van der Waals surface area contributed by atoms with Crippen LogP contribution >= 0.6 is 11.3 Å². The Morgan fingerprint density at radius 1 is 1.48 bits per heavy atom. The summed E-state index contributed by atoms with van der Waals surface area (Å²) in [5.41, 5.74) is -3.11. The van der Waals surface area contributed by atoms with Crippen molar-refractivity contribution in [1.82, 2.24) is 10.3 Å². The Morgan fingerprint density at radius 3 is 2.52 bits per heavy atom. The van der Waals surface area contributed by atoms with Gasteiger partial charge < -0.3 is 15.2 Å². The van der Waals surface area contributed by atoms with Crippen LogP contribution in [-0.2, 0) is 19.9 Å². The van der Waals surface area contributed by atoms with Crippen molar-refractivity contribution in [3.8, 4) is 0 Å². The smallest absolute Gasteiger partial charge is 0.424 e. The molecule has 23 heavy (non-hydrogen) atoms. The van der Waals surface area contributed by atoms with E-state index in [0.717, 1.165) is 0 Å². The van der Waals surface area contributed by atoms with Crippen molar-refractivity contribution in [2.24, 2.45) is 0 Å². The highest BCUT2D eigenvalue weighted by atomic mass is 32.1. The minimum absolute atomic E-state index is 0.0733. The molecule has 0 aliphatic rings. The molecule has 0 saturated heterocycles. The number of aryl methyl sites for hydroxylation is 1. The molecule has 0 unspecified atom stereocenters. The Balaban J connectivity index is 2.91. The lowest BCUT2D eigenvalue weighted by Crippen LogP contribution is -2.48. The number of aliphatic hydroxyl groups is 1. The zero-order valence-electron chi connectivity index (χ0n) is 12.7. The van der Waals surface area contributed by atoms with Gasteiger partial charge >= 0.3 is 12.1 Å². The van der Waals surface area contributed by atoms with Crippen molar-refractivity contribution in [2.75, 3.05) is 6.61 Å². The number of alkyl halides is 3. The molecule has 130 valence electrons. The van der Waals surface area contributed by atoms with Crippen LogP contribution in [0.15, 0.2) is 5.38 Å². The average Bonchev–Trinajstić information content (AvgIpc) is 2.84. The molecule has 1 heterocycles. The number of carbonyl (C=O) groups is 2. The molecule has 2 atom stereocenters. The average molecular weight is 354 g/mol. The molecule has 0 aromatic carbocycles. The van der Waals surface area contributed by atoms with Gasteiger partial charge in [0.1, 0.15) is 11.0 Å². The van der Waals surface area contributed by atoms with Crippen molar-refractivity contribution in [2.45, 2.75) is 45.0 Å². The van der Waals surface area contributed by atoms with Crippen molar-refractivity contribution in [1.29, 1.82) is 0 Å². The molecule has 6 nitrogen and oxygen atoms in total. The summed E-state index contributed by atoms with van der Waals surface area (Å²) in [5.74, 6) is -1.92. The number of nitrogens with zero attached hydrogens (tertiary/aromatic N) is 1. The van der Waals surface area contributed by atoms with Gasteiger partial charge in [0.2, 0.25) is 11.5 Å². The van der Waals surface area contributed by atoms with E-state index >= 15 is 0 Å². The number of hydrogen-bond donors (Lipinski definition) is 2. The first kappa shape index (κ1) is 19.4. The van der Waals surface area contributed by atoms with Crippen LogP contribution in [0.4, 0.5) is 13.2 Å². The highest BCUT2D eigenvalue weighted by Crippen LogP contribution is 2.42. The number of ether oxygens (including phenoxy) is 1. The summed E-state index contributed by atoms with van der Waals surface area (Å²) in [5, 5.41) is 12.8. The topological polar surface area (TPSA) is 88.5 Å². The van der Waals surface area contributed by atoms with Gasteiger partial charge in [0.25, 0.3) is 0 Å². The van der Waals surface area contributed by atoms with E-state index in [1.165, 1.54) is 19.2 Å². The van der Waals surface area contributed by atoms with Crippen LogP contribution in [0, 0.1) is 6.92 Å². The van der Waals surface area contributed by atoms with Crippen molar-refractivity contribution in [3.05, 3.63) is 16.1 Å². The lowest BCUT2D eigenvalue weighted by Gasteiger charge is -2.28. The predicted molar refractivity (Wildman–Crippen MR) is 75.7 cm³/mol. The highest BCUT2D eigenvalue weighted by molar-refractivity contribution is 7.09. The third-order valence-electron chi connectivity index (χ3n) is 2.88. The predicted octanol–water partition coefficient (Wildman–Crippen LogP) is 1.66. The van der Waals surface area contributed by atoms with Crippen LogP contribution in [0.5, 0.6) is 0 Å². The molecule has 0 aliphatic heterocycles. The van der Waals surface area contributed by atoms with E-state index in [-0.39, 0.29) is 6.61 Å². The fourth-order valence-corrected chi connectivity index (χ4v) is 2.61. The fraction of sp³-hybridized carbons (Fsp3) is 0.615. The standard InChI is InChI=1S/C13H17F3N2O4S/c1-4-22-10(20)8(3)18-9(19)5-12(21,13(14,15)16)11-17-7(2)6-23-11/h6,8,21H,4-5H2,1-3H3,(H,18,19)/t8-,12+/m0/s1. The molecule has 0 saturated carbocycles. The molecule has 1 aromatic heterocycles. The molecule has 2 N–H and O–H groups in total. The SMILES string of the molecule is CCOC(=O)[C@H](C)NC(=O)C[C@@](O)(c1nc(C)cs1)C(F)(F)F. The Kier molecular flexibility index (Phi) is 6.11. The van der Waals surface area contributed by atoms with Gasteiger partial charge in [-0.25, -0.2) is 9.78 Å². The van der Waals surface area contributed by atoms with Crippen molar-refractivity contribution in [3.63, 3.8) is 0 Å². The third-order valence-corrected chi connectivity index (χ3v) is 3.99. The van der Waals surface area contributed by atoms with Crippen LogP contribution < -0.4 is 5.32 Å². The van der Waals surface area contributed by atoms with Crippen LogP contribution in [0.25, 0.3) is 0 Å². The summed E-state index contributed by atoms with van der Waals surface area (Å²) in [4.78, 5) is 26.8. The quantitative estimate of drug-likeness (QED) is 0.759. The zero-order chi connectivity index (χ0) is 17.8. The molecule has 0 radical (unpaired) electrons. The number of carbonyl (C=O) groups excluding carboxylic acids is 2. The maximum Gasteiger partial charge on any atom is 0.424 e. The van der Waals surface area contributed by atoms with E-state index < -0.39 is 41.1 Å². The second-order valence-electron chi connectivity index (χ2n) is 4.87. The van der Waals surface area contributed by atoms with Gasteiger partial charge in [0.05, 0.1) is 13.0 Å². The van der Waals surface area contributed by atoms with Crippen molar-refractivity contribution < 1.29 is 32.6 Å². The van der Waals surface area contributed by atoms with Crippen LogP contribution in [-0.4, -0.2) is 40.8 Å². The first-order valence-corrected chi connectivity index (χ1v) is 7.57. The Morgan fingerprint density at radius 2 is 2.09 bits per heavy atom. The zero-order valence-corrected chi connectivity index (χ0v) is 13.5. The van der Waals surface area contributed by atoms with Gasteiger partial charge in [-0.2, -0.15) is 13.2 Å². The molecule has 0 spiro atoms. The molecule has 0 aliphatic carbocycles. The molecular weight excluding hydrogens is 337 g/mol. The lowest BCUT2D eigenvalue weighted by molar-refractivity contribution is -0.267. The molecule has 1 amide bonds. The van der Waals surface area contributed by atoms with Crippen LogP contribution in [0.3, 0.4) is 0 Å². The van der Waals surface area contributed by atoms with E-state index in [1.807, 2.05) is 0 Å². The second kappa shape index (κ2) is 7.26. The van der Waals surface area contributed by atoms with Gasteiger partial charge in [-0.3, -0.25) is 4.79 Å². The summed E-state index contributed by atoms with van der Waals surface area (Å²) in [6.45, 7) is 4.37. The van der Waals surface area contributed by atoms with E-state index in [0.29, 0.717) is 17.0 Å². The first-order chi connectivity index (χ1) is 10.5. The van der Waals surface area contributed by atoms with Crippen molar-refractivity contribution >= 4 is 23.2 Å². The summed E-state index contributed by atoms with van der Waals surface area (Å²) < 4.78 is 44.3. The minimum atomic E-state index is -5.10. The van der Waals surface area contributed by atoms with E-state index in [9.17, 15) is 27.9 Å². The number of nitrogens with one attached hydrogen (secondary N) is 1. The summed E-state index contributed by atoms with van der Waals surface area (Å²) in [6, 6.07) is -1.13. The summed E-state index contributed by atoms with van der Waals surface area (Å²) >= 11 is 0.606. The highest BCUT2D eigenvalue weighted by Gasteiger charge is 2.58. The van der Waals surface area contributed by atoms with Gasteiger partial charge in [-0.05, 0) is 20.8 Å². The normalized spacial score (nSPS) is 15.6. The number of rotatable bonds is 6. The largest absolute Gasteiger partial charge is 0.464 e. The monoisotopic (exact) mass is 354 g/mol. The molecule has 0 bridgehead atoms. The molecule has 1 aromatic rings. The lowest BCUT2D eigenvalue weighted by atomic mass is 9.99. The Hall–Kier alpha value is -1.68. The number of amides is 1. The van der Waals surface area contributed by atoms with E-state index in [4.69, 9.17) is 0 Å². The van der Waals surface area contributed by atoms with Crippen LogP contribution in [0.1, 0.15) is 31.0 Å². The molecule has 10 heteroatoms. The maximum absolute atomic E-state index is 13.2. The fourth-order valence-electron chi connectivity index (χ4n) is 1.69. The van der Waals surface area contributed by atoms with Gasteiger partial charge in [0, 0.05) is 11.1 Å². The number of hydrogen-bond acceptors (Lipinski definition) is 6. The molecule has 1 rings (SSSR count). The number of halogens is 3. The molecular formula is C13H17F3N2O4S. The first-order valence-electron chi connectivity index (χ1n) is 6.69. The maximum atomic E-state index is 13.2. The Bertz CT molecular complexity index is 576. The van der Waals surface area contributed by atoms with Gasteiger partial charge in [-0.1, -0.05) is 0 Å². The summed E-state index contributed by atoms with van der Waals surface area (Å²) in [7, 11) is 0. The summed E-state index contributed by atoms with van der Waals surface area (Å²) in [6.07, 6.45) is -6.39. The van der Waals surface area contributed by atoms with E-state index in [2.05, 4.69) is 15.0 Å². The van der Waals surface area contributed by atoms with E-state index in [1.54, 1.807) is 6.92 Å². The number of thiazole rings is 1. The number of esters is 1. The molecule has 0 fully saturated rings. The number of aromatic nitrogens is 1. The second-order valence-corrected chi connectivity index (χ2v) is 5.73. The van der Waals surface area contributed by atoms with Crippen LogP contribution in [0.2, 0.25) is 0 Å². The third kappa shape index (κ3) is 4.64.